The van der Waals surface area contributed by atoms with Crippen molar-refractivity contribution in [2.24, 2.45) is 4.40 Å². The maximum atomic E-state index is 11.8. The molecule has 1 aromatic heterocycles. The van der Waals surface area contributed by atoms with Gasteiger partial charge in [0, 0.05) is 23.5 Å². The number of aromatic nitrogens is 1. The number of hydrogen-bond donors (Lipinski definition) is 0. The highest BCUT2D eigenvalue weighted by Gasteiger charge is 2.28. The molecule has 4 nitrogen and oxygen atoms in total. The van der Waals surface area contributed by atoms with Crippen LogP contribution in [0.5, 0.6) is 0 Å². The Morgan fingerprint density at radius 2 is 1.82 bits per heavy atom. The summed E-state index contributed by atoms with van der Waals surface area (Å²) < 4.78 is 27.5. The topological polar surface area (TPSA) is 59.4 Å². The fourth-order valence-electron chi connectivity index (χ4n) is 1.82. The summed E-state index contributed by atoms with van der Waals surface area (Å²) in [6.07, 6.45) is 3.25. The highest BCUT2D eigenvalue weighted by atomic mass is 32.2. The van der Waals surface area contributed by atoms with E-state index in [9.17, 15) is 8.42 Å². The molecular weight excluding hydrogens is 236 g/mol. The van der Waals surface area contributed by atoms with E-state index in [4.69, 9.17) is 0 Å². The molecule has 1 aliphatic heterocycles. The lowest BCUT2D eigenvalue weighted by molar-refractivity contribution is 0.599. The molecule has 0 saturated heterocycles. The first-order valence-corrected chi connectivity index (χ1v) is 6.47. The summed E-state index contributed by atoms with van der Waals surface area (Å²) in [5.41, 5.74) is 1.82. The van der Waals surface area contributed by atoms with Crippen LogP contribution in [0.1, 0.15) is 11.1 Å². The highest BCUT2D eigenvalue weighted by Crippen LogP contribution is 2.28. The van der Waals surface area contributed by atoms with Crippen molar-refractivity contribution >= 4 is 15.7 Å². The second-order valence-corrected chi connectivity index (χ2v) is 5.23. The highest BCUT2D eigenvalue weighted by molar-refractivity contribution is 7.90. The van der Waals surface area contributed by atoms with E-state index in [1.54, 1.807) is 48.8 Å². The van der Waals surface area contributed by atoms with Crippen LogP contribution in [0.4, 0.5) is 0 Å². The van der Waals surface area contributed by atoms with Crippen molar-refractivity contribution in [3.63, 3.8) is 0 Å². The molecule has 0 radical (unpaired) electrons. The Hall–Kier alpha value is -2.01. The maximum absolute atomic E-state index is 11.8. The summed E-state index contributed by atoms with van der Waals surface area (Å²) in [6, 6.07) is 10.4. The quantitative estimate of drug-likeness (QED) is 0.766. The molecule has 0 saturated carbocycles. The Morgan fingerprint density at radius 1 is 1.00 bits per heavy atom. The van der Waals surface area contributed by atoms with Gasteiger partial charge in [0.2, 0.25) is 0 Å². The summed E-state index contributed by atoms with van der Waals surface area (Å²) in [4.78, 5) is 4.24. The van der Waals surface area contributed by atoms with Gasteiger partial charge in [0.25, 0.3) is 10.0 Å². The minimum atomic E-state index is -3.54. The zero-order valence-electron chi connectivity index (χ0n) is 8.74. The van der Waals surface area contributed by atoms with E-state index >= 15 is 0 Å². The molecule has 2 heterocycles. The van der Waals surface area contributed by atoms with Crippen molar-refractivity contribution in [1.29, 1.82) is 0 Å². The van der Waals surface area contributed by atoms with Gasteiger partial charge in [0.1, 0.15) is 0 Å². The summed E-state index contributed by atoms with van der Waals surface area (Å²) in [7, 11) is -3.54. The van der Waals surface area contributed by atoms with E-state index in [0.29, 0.717) is 16.8 Å². The molecule has 0 spiro atoms. The van der Waals surface area contributed by atoms with Gasteiger partial charge in [-0.1, -0.05) is 18.2 Å². The van der Waals surface area contributed by atoms with Crippen LogP contribution in [-0.4, -0.2) is 19.1 Å². The van der Waals surface area contributed by atoms with Crippen molar-refractivity contribution < 1.29 is 8.42 Å². The second kappa shape index (κ2) is 3.49. The van der Waals surface area contributed by atoms with Crippen molar-refractivity contribution in [3.05, 3.63) is 59.9 Å². The van der Waals surface area contributed by atoms with Crippen molar-refractivity contribution in [2.45, 2.75) is 4.90 Å². The van der Waals surface area contributed by atoms with Crippen LogP contribution < -0.4 is 0 Å². The fraction of sp³-hybridized carbons (Fsp3) is 0. The SMILES string of the molecule is O=S1(=O)N=C(c2cccnc2)c2ccccc21. The minimum absolute atomic E-state index is 0.263. The van der Waals surface area contributed by atoms with Crippen LogP contribution in [0.15, 0.2) is 58.1 Å². The van der Waals surface area contributed by atoms with Crippen LogP contribution >= 0.6 is 0 Å². The fourth-order valence-corrected chi connectivity index (χ4v) is 3.05. The molecular formula is C12H8N2O2S. The summed E-state index contributed by atoms with van der Waals surface area (Å²) in [5.74, 6) is 0. The predicted molar refractivity (Wildman–Crippen MR) is 63.5 cm³/mol. The van der Waals surface area contributed by atoms with Gasteiger partial charge in [-0.05, 0) is 18.2 Å². The van der Waals surface area contributed by atoms with Crippen LogP contribution in [0, 0.1) is 0 Å². The molecule has 2 aromatic rings. The van der Waals surface area contributed by atoms with Gasteiger partial charge >= 0.3 is 0 Å². The molecule has 0 unspecified atom stereocenters. The third-order valence-electron chi connectivity index (χ3n) is 2.57. The van der Waals surface area contributed by atoms with Gasteiger partial charge in [0.05, 0.1) is 10.6 Å². The average molecular weight is 244 g/mol. The number of hydrogen-bond acceptors (Lipinski definition) is 3. The van der Waals surface area contributed by atoms with Gasteiger partial charge in [-0.3, -0.25) is 4.98 Å². The van der Waals surface area contributed by atoms with Gasteiger partial charge < -0.3 is 0 Å². The molecule has 0 N–H and O–H groups in total. The molecule has 1 aliphatic rings. The Kier molecular flexibility index (Phi) is 2.09. The number of benzene rings is 1. The van der Waals surface area contributed by atoms with Crippen LogP contribution in [-0.2, 0) is 10.0 Å². The lowest BCUT2D eigenvalue weighted by Gasteiger charge is -2.00. The summed E-state index contributed by atoms with van der Waals surface area (Å²) in [6.45, 7) is 0. The number of pyridine rings is 1. The van der Waals surface area contributed by atoms with Crippen molar-refractivity contribution in [1.82, 2.24) is 4.98 Å². The van der Waals surface area contributed by atoms with Crippen LogP contribution in [0.25, 0.3) is 0 Å². The molecule has 0 aliphatic carbocycles. The lowest BCUT2D eigenvalue weighted by Crippen LogP contribution is -2.00. The number of nitrogens with zero attached hydrogens (tertiary/aromatic N) is 2. The lowest BCUT2D eigenvalue weighted by atomic mass is 10.0. The smallest absolute Gasteiger partial charge is 0.264 e. The van der Waals surface area contributed by atoms with E-state index in [-0.39, 0.29) is 4.90 Å². The first-order valence-electron chi connectivity index (χ1n) is 5.03. The normalized spacial score (nSPS) is 16.4. The molecule has 0 atom stereocenters. The average Bonchev–Trinajstić information content (AvgIpc) is 2.64. The molecule has 17 heavy (non-hydrogen) atoms. The van der Waals surface area contributed by atoms with Crippen LogP contribution in [0.2, 0.25) is 0 Å². The minimum Gasteiger partial charge on any atom is -0.264 e. The molecule has 3 rings (SSSR count). The van der Waals surface area contributed by atoms with Crippen molar-refractivity contribution in [2.75, 3.05) is 0 Å². The van der Waals surface area contributed by atoms with E-state index in [2.05, 4.69) is 9.38 Å². The molecule has 0 bridgehead atoms. The van der Waals surface area contributed by atoms with E-state index < -0.39 is 10.0 Å². The third kappa shape index (κ3) is 1.55. The predicted octanol–water partition coefficient (Wildman–Crippen LogP) is 1.62. The number of sulfonamides is 1. The molecule has 84 valence electrons. The molecule has 1 aromatic carbocycles. The molecule has 0 fully saturated rings. The maximum Gasteiger partial charge on any atom is 0.283 e. The van der Waals surface area contributed by atoms with Gasteiger partial charge in [-0.2, -0.15) is 12.8 Å². The van der Waals surface area contributed by atoms with Crippen molar-refractivity contribution in [3.8, 4) is 0 Å². The monoisotopic (exact) mass is 244 g/mol. The second-order valence-electron chi connectivity index (χ2n) is 3.65. The number of rotatable bonds is 1. The molecule has 5 heteroatoms. The van der Waals surface area contributed by atoms with Gasteiger partial charge in [-0.25, -0.2) is 0 Å². The Morgan fingerprint density at radius 3 is 2.59 bits per heavy atom. The largest absolute Gasteiger partial charge is 0.283 e. The zero-order valence-corrected chi connectivity index (χ0v) is 9.55. The summed E-state index contributed by atoms with van der Waals surface area (Å²) in [5, 5.41) is 0. The first-order chi connectivity index (χ1) is 8.18. The van der Waals surface area contributed by atoms with Crippen LogP contribution in [0.3, 0.4) is 0 Å². The van der Waals surface area contributed by atoms with Gasteiger partial charge in [0.15, 0.2) is 0 Å². The van der Waals surface area contributed by atoms with E-state index in [1.165, 1.54) is 0 Å². The Labute approximate surface area is 98.7 Å². The van der Waals surface area contributed by atoms with Gasteiger partial charge in [-0.15, -0.1) is 0 Å². The number of fused-ring (bicyclic) bond motifs is 1. The Bertz CT molecular complexity index is 706. The third-order valence-corrected chi connectivity index (χ3v) is 3.90. The summed E-state index contributed by atoms with van der Waals surface area (Å²) >= 11 is 0. The van der Waals surface area contributed by atoms with E-state index in [0.717, 1.165) is 0 Å². The standard InChI is InChI=1S/C12H8N2O2S/c15-17(16)11-6-2-1-5-10(11)12(14-17)9-4-3-7-13-8-9/h1-8H. The van der Waals surface area contributed by atoms with E-state index in [1.807, 2.05) is 0 Å². The zero-order chi connectivity index (χ0) is 11.9. The molecule has 0 amide bonds. The Balaban J connectivity index is 2.29. The first kappa shape index (κ1) is 10.2.